The van der Waals surface area contributed by atoms with Gasteiger partial charge < -0.3 is 19.9 Å². The van der Waals surface area contributed by atoms with Crippen molar-refractivity contribution in [2.45, 2.75) is 0 Å². The summed E-state index contributed by atoms with van der Waals surface area (Å²) in [5.41, 5.74) is 16.3. The van der Waals surface area contributed by atoms with E-state index in [0.717, 1.165) is 111 Å². The number of hydrogen-bond donors (Lipinski definition) is 4. The molecule has 49 heavy (non-hydrogen) atoms. The molecule has 0 saturated carbocycles. The zero-order valence-corrected chi connectivity index (χ0v) is 26.9. The van der Waals surface area contributed by atoms with Gasteiger partial charge in [-0.3, -0.25) is 0 Å². The molecule has 0 aliphatic carbocycles. The minimum Gasteiger partial charge on any atom is -0.355 e. The van der Waals surface area contributed by atoms with Crippen molar-refractivity contribution < 1.29 is 20.4 Å². The van der Waals surface area contributed by atoms with Gasteiger partial charge in [0.2, 0.25) is 0 Å². The summed E-state index contributed by atoms with van der Waals surface area (Å²) in [6.07, 6.45) is 0. The van der Waals surface area contributed by atoms with Gasteiger partial charge in [0.25, 0.3) is 0 Å². The van der Waals surface area contributed by atoms with Crippen LogP contribution in [0.4, 0.5) is 0 Å². The molecule has 8 bridgehead atoms. The molecule has 0 fully saturated rings. The summed E-state index contributed by atoms with van der Waals surface area (Å²) in [6, 6.07) is 36.2. The summed E-state index contributed by atoms with van der Waals surface area (Å²) in [4.78, 5) is 44.9. The van der Waals surface area contributed by atoms with Gasteiger partial charge in [0.05, 0.1) is 77.6 Å². The second kappa shape index (κ2) is 10.4. The molecule has 0 radical (unpaired) electrons. The van der Waals surface area contributed by atoms with Crippen molar-refractivity contribution in [3.05, 3.63) is 109 Å². The van der Waals surface area contributed by atoms with Crippen LogP contribution >= 0.6 is 0 Å². The van der Waals surface area contributed by atoms with E-state index in [-0.39, 0.29) is 20.4 Å². The Bertz CT molecular complexity index is 2940. The first-order valence-electron chi connectivity index (χ1n) is 15.6. The maximum atomic E-state index is 5.12. The van der Waals surface area contributed by atoms with Gasteiger partial charge in [0, 0.05) is 31.5 Å². The average Bonchev–Trinajstić information content (AvgIpc) is 3.87. The minimum atomic E-state index is 0. The number of H-pyrrole nitrogens is 4. The Kier molecular flexibility index (Phi) is 5.88. The van der Waals surface area contributed by atoms with Crippen LogP contribution in [0.3, 0.4) is 0 Å². The van der Waals surface area contributed by atoms with Crippen LogP contribution in [0.25, 0.3) is 111 Å². The average molecular weight is 725 g/mol. The Morgan fingerprint density at radius 3 is 1.27 bits per heavy atom. The van der Waals surface area contributed by atoms with Gasteiger partial charge in [0.1, 0.15) is 22.4 Å². The van der Waals surface area contributed by atoms with E-state index in [4.69, 9.17) is 29.9 Å². The predicted octanol–water partition coefficient (Wildman–Crippen LogP) is 8.49. The number of aromatic nitrogens is 10. The van der Waals surface area contributed by atoms with Gasteiger partial charge in [-0.1, -0.05) is 36.4 Å². The standard InChI is InChI=1S/C38H22N10.Pd/c1-3-9-23-21(7-1)43-33-27-15-19-13-14-20(39-19)16-28-34-36(46-24-10-4-2-8-22(24)44-34)30(41-28)18-32-38-37(47-25-11-5-6-12-26(25)48-38)31(42-32)17-29(40-27)35(33)45-23;/h1-18,39,42-44H;. The third-order valence-electron chi connectivity index (χ3n) is 8.97. The number of fused-ring (bicyclic) bond motifs is 20. The fourth-order valence-electron chi connectivity index (χ4n) is 6.74. The van der Waals surface area contributed by atoms with Crippen LogP contribution in [0, 0.1) is 0 Å². The van der Waals surface area contributed by atoms with E-state index < -0.39 is 0 Å². The number of benzene rings is 3. The topological polar surface area (TPSA) is 140 Å². The van der Waals surface area contributed by atoms with Crippen molar-refractivity contribution in [2.75, 3.05) is 0 Å². The molecule has 0 saturated heterocycles. The van der Waals surface area contributed by atoms with Crippen molar-refractivity contribution in [2.24, 2.45) is 0 Å². The number of nitrogens with one attached hydrogen (secondary N) is 4. The summed E-state index contributed by atoms with van der Waals surface area (Å²) < 4.78 is 0. The van der Waals surface area contributed by atoms with Crippen molar-refractivity contribution in [3.8, 4) is 22.8 Å². The first-order valence-corrected chi connectivity index (χ1v) is 15.6. The van der Waals surface area contributed by atoms with E-state index in [1.54, 1.807) is 0 Å². The van der Waals surface area contributed by atoms with Crippen molar-refractivity contribution in [1.82, 2.24) is 49.8 Å². The summed E-state index contributed by atoms with van der Waals surface area (Å²) >= 11 is 0. The molecule has 4 N–H and O–H groups in total. The van der Waals surface area contributed by atoms with Crippen LogP contribution in [0.5, 0.6) is 0 Å². The zero-order valence-electron chi connectivity index (χ0n) is 25.4. The van der Waals surface area contributed by atoms with E-state index in [2.05, 4.69) is 19.9 Å². The van der Waals surface area contributed by atoms with Crippen LogP contribution in [0.2, 0.25) is 0 Å². The van der Waals surface area contributed by atoms with Gasteiger partial charge in [-0.25, -0.2) is 29.9 Å². The Morgan fingerprint density at radius 1 is 0.327 bits per heavy atom. The molecule has 8 heterocycles. The number of hydrogen-bond acceptors (Lipinski definition) is 6. The maximum Gasteiger partial charge on any atom is 0.115 e. The minimum absolute atomic E-state index is 0. The molecule has 234 valence electrons. The van der Waals surface area contributed by atoms with Crippen LogP contribution in [-0.4, -0.2) is 49.8 Å². The number of nitrogens with zero attached hydrogens (tertiary/aromatic N) is 6. The normalized spacial score (nSPS) is 11.9. The summed E-state index contributed by atoms with van der Waals surface area (Å²) in [5, 5.41) is 0. The van der Waals surface area contributed by atoms with Crippen molar-refractivity contribution >= 4 is 88.3 Å². The third kappa shape index (κ3) is 4.30. The van der Waals surface area contributed by atoms with Crippen LogP contribution < -0.4 is 0 Å². The van der Waals surface area contributed by atoms with E-state index in [1.165, 1.54) is 0 Å². The molecule has 0 atom stereocenters. The molecule has 4 aromatic heterocycles. The molecule has 4 aliphatic rings. The largest absolute Gasteiger partial charge is 0.355 e. The maximum absolute atomic E-state index is 5.12. The summed E-state index contributed by atoms with van der Waals surface area (Å²) in [7, 11) is 0. The van der Waals surface area contributed by atoms with Gasteiger partial charge in [0.15, 0.2) is 0 Å². The van der Waals surface area contributed by atoms with Gasteiger partial charge in [-0.05, 0) is 72.8 Å². The smallest absolute Gasteiger partial charge is 0.115 e. The first-order chi connectivity index (χ1) is 23.7. The molecule has 0 amide bonds. The molecular weight excluding hydrogens is 703 g/mol. The molecule has 4 aliphatic heterocycles. The van der Waals surface area contributed by atoms with Gasteiger partial charge >= 0.3 is 0 Å². The molecule has 11 heteroatoms. The number of para-hydroxylation sites is 6. The van der Waals surface area contributed by atoms with Crippen LogP contribution in [0.15, 0.2) is 109 Å². The number of aromatic amines is 4. The zero-order chi connectivity index (χ0) is 31.3. The third-order valence-corrected chi connectivity index (χ3v) is 8.97. The van der Waals surface area contributed by atoms with E-state index in [1.807, 2.05) is 109 Å². The molecule has 11 rings (SSSR count). The molecule has 0 unspecified atom stereocenters. The second-order valence-corrected chi connectivity index (χ2v) is 12.0. The van der Waals surface area contributed by atoms with E-state index in [0.29, 0.717) is 0 Å². The SMILES string of the molecule is [Pd].c1ccc2nc3c4cc5nc(cc6ccc(cc7nc(cc([nH]4)c3nc2c1)c1nc2ccccc2[nH]c7-1)[nH]6)c1[nH]c2ccccc2nc5-1. The predicted molar refractivity (Wildman–Crippen MR) is 190 cm³/mol. The molecule has 0 spiro atoms. The van der Waals surface area contributed by atoms with Gasteiger partial charge in [-0.15, -0.1) is 0 Å². The molecule has 10 nitrogen and oxygen atoms in total. The Labute approximate surface area is 289 Å². The van der Waals surface area contributed by atoms with E-state index in [9.17, 15) is 0 Å². The van der Waals surface area contributed by atoms with E-state index >= 15 is 0 Å². The molecule has 3 aromatic carbocycles. The van der Waals surface area contributed by atoms with Crippen LogP contribution in [-0.2, 0) is 20.4 Å². The fourth-order valence-corrected chi connectivity index (χ4v) is 6.74. The monoisotopic (exact) mass is 724 g/mol. The van der Waals surface area contributed by atoms with Crippen molar-refractivity contribution in [3.63, 3.8) is 0 Å². The Hall–Kier alpha value is -6.28. The molecule has 7 aromatic rings. The first kappa shape index (κ1) is 27.8. The Morgan fingerprint density at radius 2 is 0.776 bits per heavy atom. The number of rotatable bonds is 0. The quantitative estimate of drug-likeness (QED) is 0.116. The fraction of sp³-hybridized carbons (Fsp3) is 0. The summed E-state index contributed by atoms with van der Waals surface area (Å²) in [6.45, 7) is 0. The second-order valence-electron chi connectivity index (χ2n) is 12.0. The summed E-state index contributed by atoms with van der Waals surface area (Å²) in [5.74, 6) is 0. The molecular formula is C38H22N10Pd. The van der Waals surface area contributed by atoms with Gasteiger partial charge in [-0.2, -0.15) is 0 Å². The Balaban J connectivity index is 0.00000306. The van der Waals surface area contributed by atoms with Crippen LogP contribution in [0.1, 0.15) is 0 Å². The van der Waals surface area contributed by atoms with Crippen molar-refractivity contribution in [1.29, 1.82) is 0 Å².